The van der Waals surface area contributed by atoms with Crippen molar-refractivity contribution in [2.75, 3.05) is 51.8 Å². The van der Waals surface area contributed by atoms with E-state index in [0.717, 1.165) is 29.4 Å². The lowest BCUT2D eigenvalue weighted by molar-refractivity contribution is -0.925. The maximum Gasteiger partial charge on any atom is 0.365 e. The highest BCUT2D eigenvalue weighted by Gasteiger charge is 2.38. The number of hydrogen-bond acceptors (Lipinski definition) is 5. The molecular formula is C24H30N3O4+. The number of quaternary nitrogens is 1. The smallest absolute Gasteiger partial charge is 0.365 e. The molecule has 31 heavy (non-hydrogen) atoms. The summed E-state index contributed by atoms with van der Waals surface area (Å²) in [6, 6.07) is 15.8. The van der Waals surface area contributed by atoms with Crippen molar-refractivity contribution in [3.8, 4) is 5.75 Å². The molecule has 1 saturated heterocycles. The summed E-state index contributed by atoms with van der Waals surface area (Å²) in [5.74, 6) is 0.681. The predicted octanol–water partition coefficient (Wildman–Crippen LogP) is 0.527. The molecule has 2 aromatic carbocycles. The summed E-state index contributed by atoms with van der Waals surface area (Å²) in [5.41, 5.74) is 3.42. The number of carbonyl (C=O) groups excluding carboxylic acids is 2. The first kappa shape index (κ1) is 21.2. The van der Waals surface area contributed by atoms with Gasteiger partial charge in [-0.2, -0.15) is 0 Å². The number of rotatable bonds is 5. The molecule has 7 nitrogen and oxygen atoms in total. The SMILES string of the molecule is COC(=O)[C@H]1Cc2ccccc2C[NH+]1CC(=O)N1CCN(c2ccccc2OC)CC1. The van der Waals surface area contributed by atoms with E-state index in [1.807, 2.05) is 41.3 Å². The molecular weight excluding hydrogens is 394 g/mol. The van der Waals surface area contributed by atoms with Crippen molar-refractivity contribution >= 4 is 17.6 Å². The van der Waals surface area contributed by atoms with Crippen molar-refractivity contribution in [2.24, 2.45) is 0 Å². The van der Waals surface area contributed by atoms with Crippen LogP contribution >= 0.6 is 0 Å². The molecule has 1 N–H and O–H groups in total. The van der Waals surface area contributed by atoms with Crippen LogP contribution in [0.4, 0.5) is 5.69 Å². The number of ether oxygens (including phenoxy) is 2. The number of nitrogens with zero attached hydrogens (tertiary/aromatic N) is 2. The van der Waals surface area contributed by atoms with Crippen LogP contribution in [-0.2, 0) is 27.3 Å². The third kappa shape index (κ3) is 4.51. The Bertz CT molecular complexity index is 940. The van der Waals surface area contributed by atoms with Crippen LogP contribution in [0.1, 0.15) is 11.1 Å². The van der Waals surface area contributed by atoms with E-state index in [1.54, 1.807) is 7.11 Å². The Balaban J connectivity index is 1.40. The van der Waals surface area contributed by atoms with E-state index in [2.05, 4.69) is 17.0 Å². The minimum absolute atomic E-state index is 0.0861. The third-order valence-corrected chi connectivity index (χ3v) is 6.37. The first-order valence-corrected chi connectivity index (χ1v) is 10.8. The van der Waals surface area contributed by atoms with Gasteiger partial charge in [-0.1, -0.05) is 36.4 Å². The molecule has 2 heterocycles. The Morgan fingerprint density at radius 3 is 2.35 bits per heavy atom. The van der Waals surface area contributed by atoms with Gasteiger partial charge in [0.1, 0.15) is 12.3 Å². The molecule has 2 aliphatic heterocycles. The summed E-state index contributed by atoms with van der Waals surface area (Å²) < 4.78 is 10.5. The van der Waals surface area contributed by atoms with Crippen molar-refractivity contribution in [3.05, 3.63) is 59.7 Å². The number of benzene rings is 2. The molecule has 164 valence electrons. The lowest BCUT2D eigenvalue weighted by Crippen LogP contribution is -3.17. The first-order valence-electron chi connectivity index (χ1n) is 10.8. The number of piperazine rings is 1. The molecule has 2 atom stereocenters. The molecule has 1 unspecified atom stereocenters. The molecule has 4 rings (SSSR count). The Labute approximate surface area is 183 Å². The minimum atomic E-state index is -0.348. The second kappa shape index (κ2) is 9.39. The van der Waals surface area contributed by atoms with Gasteiger partial charge < -0.3 is 24.2 Å². The zero-order valence-corrected chi connectivity index (χ0v) is 18.2. The number of nitrogens with one attached hydrogen (secondary N) is 1. The monoisotopic (exact) mass is 424 g/mol. The van der Waals surface area contributed by atoms with Crippen molar-refractivity contribution < 1.29 is 24.0 Å². The van der Waals surface area contributed by atoms with Gasteiger partial charge in [0.2, 0.25) is 0 Å². The fourth-order valence-corrected chi connectivity index (χ4v) is 4.63. The van der Waals surface area contributed by atoms with Crippen LogP contribution in [0.3, 0.4) is 0 Å². The van der Waals surface area contributed by atoms with Crippen LogP contribution in [0.2, 0.25) is 0 Å². The van der Waals surface area contributed by atoms with E-state index in [-0.39, 0.29) is 17.9 Å². The minimum Gasteiger partial charge on any atom is -0.495 e. The lowest BCUT2D eigenvalue weighted by atomic mass is 9.94. The molecule has 2 aromatic rings. The van der Waals surface area contributed by atoms with Crippen LogP contribution < -0.4 is 14.5 Å². The summed E-state index contributed by atoms with van der Waals surface area (Å²) in [6.45, 7) is 3.77. The average Bonchev–Trinajstić information content (AvgIpc) is 2.83. The van der Waals surface area contributed by atoms with Gasteiger partial charge in [0.25, 0.3) is 5.91 Å². The fourth-order valence-electron chi connectivity index (χ4n) is 4.63. The van der Waals surface area contributed by atoms with Crippen LogP contribution in [-0.4, -0.2) is 69.8 Å². The number of hydrogen-bond donors (Lipinski definition) is 1. The Hall–Kier alpha value is -3.06. The zero-order valence-electron chi connectivity index (χ0n) is 18.2. The largest absolute Gasteiger partial charge is 0.495 e. The van der Waals surface area contributed by atoms with Gasteiger partial charge in [0.05, 0.1) is 19.9 Å². The van der Waals surface area contributed by atoms with Gasteiger partial charge in [-0.3, -0.25) is 4.79 Å². The highest BCUT2D eigenvalue weighted by molar-refractivity contribution is 5.79. The molecule has 0 aliphatic carbocycles. The standard InChI is InChI=1S/C24H29N3O4/c1-30-22-10-6-5-9-20(22)25-11-13-26(14-12-25)23(28)17-27-16-19-8-4-3-7-18(19)15-21(27)24(29)31-2/h3-10,21H,11-17H2,1-2H3/p+1/t21-/m1/s1. The Morgan fingerprint density at radius 2 is 1.65 bits per heavy atom. The Kier molecular flexibility index (Phi) is 6.42. The molecule has 0 bridgehead atoms. The van der Waals surface area contributed by atoms with Crippen molar-refractivity contribution in [3.63, 3.8) is 0 Å². The quantitative estimate of drug-likeness (QED) is 0.710. The van der Waals surface area contributed by atoms with Gasteiger partial charge in [0.15, 0.2) is 12.6 Å². The molecule has 2 aliphatic rings. The average molecular weight is 425 g/mol. The molecule has 1 amide bonds. The van der Waals surface area contributed by atoms with Crippen LogP contribution in [0, 0.1) is 0 Å². The normalized spacial score (nSPS) is 20.7. The maximum atomic E-state index is 13.1. The van der Waals surface area contributed by atoms with Crippen molar-refractivity contribution in [2.45, 2.75) is 19.0 Å². The third-order valence-electron chi connectivity index (χ3n) is 6.37. The van der Waals surface area contributed by atoms with E-state index in [4.69, 9.17) is 9.47 Å². The highest BCUT2D eigenvalue weighted by Crippen LogP contribution is 2.28. The predicted molar refractivity (Wildman–Crippen MR) is 117 cm³/mol. The van der Waals surface area contributed by atoms with E-state index in [9.17, 15) is 9.59 Å². The van der Waals surface area contributed by atoms with E-state index < -0.39 is 0 Å². The molecule has 0 radical (unpaired) electrons. The zero-order chi connectivity index (χ0) is 21.8. The highest BCUT2D eigenvalue weighted by atomic mass is 16.5. The number of fused-ring (bicyclic) bond motifs is 1. The van der Waals surface area contributed by atoms with Gasteiger partial charge in [-0.05, 0) is 17.7 Å². The summed E-state index contributed by atoms with van der Waals surface area (Å²) in [6.07, 6.45) is 0.604. The van der Waals surface area contributed by atoms with Crippen molar-refractivity contribution in [1.29, 1.82) is 0 Å². The van der Waals surface area contributed by atoms with Crippen molar-refractivity contribution in [1.82, 2.24) is 4.90 Å². The van der Waals surface area contributed by atoms with Gasteiger partial charge >= 0.3 is 5.97 Å². The molecule has 0 aromatic heterocycles. The van der Waals surface area contributed by atoms with Crippen LogP contribution in [0.15, 0.2) is 48.5 Å². The number of esters is 1. The van der Waals surface area contributed by atoms with E-state index in [0.29, 0.717) is 32.6 Å². The molecule has 0 saturated carbocycles. The maximum absolute atomic E-state index is 13.1. The van der Waals surface area contributed by atoms with E-state index >= 15 is 0 Å². The molecule has 1 fully saturated rings. The number of carbonyl (C=O) groups is 2. The second-order valence-electron chi connectivity index (χ2n) is 8.10. The number of amides is 1. The topological polar surface area (TPSA) is 63.5 Å². The number of methoxy groups -OCH3 is 2. The number of para-hydroxylation sites is 2. The lowest BCUT2D eigenvalue weighted by Gasteiger charge is -2.38. The summed E-state index contributed by atoms with van der Waals surface area (Å²) in [5, 5.41) is 0. The molecule has 0 spiro atoms. The summed E-state index contributed by atoms with van der Waals surface area (Å²) in [4.78, 5) is 30.7. The van der Waals surface area contributed by atoms with Crippen LogP contribution in [0.25, 0.3) is 0 Å². The van der Waals surface area contributed by atoms with Gasteiger partial charge in [-0.25, -0.2) is 4.79 Å². The molecule has 7 heteroatoms. The summed E-state index contributed by atoms with van der Waals surface area (Å²) in [7, 11) is 3.09. The Morgan fingerprint density at radius 1 is 0.968 bits per heavy atom. The number of anilines is 1. The summed E-state index contributed by atoms with van der Waals surface area (Å²) >= 11 is 0. The first-order chi connectivity index (χ1) is 15.1. The van der Waals surface area contributed by atoms with Gasteiger partial charge in [-0.15, -0.1) is 0 Å². The fraction of sp³-hybridized carbons (Fsp3) is 0.417. The van der Waals surface area contributed by atoms with E-state index in [1.165, 1.54) is 18.2 Å². The second-order valence-corrected chi connectivity index (χ2v) is 8.10. The van der Waals surface area contributed by atoms with Crippen LogP contribution in [0.5, 0.6) is 5.75 Å². The van der Waals surface area contributed by atoms with Gasteiger partial charge in [0, 0.05) is 38.2 Å².